The zero-order valence-electron chi connectivity index (χ0n) is 17.4. The van der Waals surface area contributed by atoms with E-state index in [-0.39, 0.29) is 0 Å². The molecule has 0 heterocycles. The number of benzene rings is 4. The molecule has 4 aromatic rings. The molecule has 0 fully saturated rings. The SMILES string of the molecule is c1ccc(CCO[Si](OCc2ccccc2)(Oc2ccccc2)c2ccccc2)cc1. The maximum Gasteiger partial charge on any atom is 0.603 e. The summed E-state index contributed by atoms with van der Waals surface area (Å²) in [5, 5.41) is 0.947. The highest BCUT2D eigenvalue weighted by molar-refractivity contribution is 6.76. The van der Waals surface area contributed by atoms with Gasteiger partial charge >= 0.3 is 8.80 Å². The van der Waals surface area contributed by atoms with Gasteiger partial charge in [-0.05, 0) is 29.7 Å². The lowest BCUT2D eigenvalue weighted by molar-refractivity contribution is 0.114. The summed E-state index contributed by atoms with van der Waals surface area (Å²) in [5.74, 6) is 0.741. The van der Waals surface area contributed by atoms with Crippen LogP contribution in [0.3, 0.4) is 0 Å². The Kier molecular flexibility index (Phi) is 7.29. The Morgan fingerprint density at radius 1 is 0.516 bits per heavy atom. The van der Waals surface area contributed by atoms with Gasteiger partial charge in [0.05, 0.1) is 6.61 Å². The Morgan fingerprint density at radius 2 is 1.03 bits per heavy atom. The highest BCUT2D eigenvalue weighted by Crippen LogP contribution is 2.20. The number of hydrogen-bond acceptors (Lipinski definition) is 3. The van der Waals surface area contributed by atoms with E-state index in [0.29, 0.717) is 13.2 Å². The molecule has 0 amide bonds. The molecular formula is C27H26O3Si. The zero-order valence-corrected chi connectivity index (χ0v) is 18.4. The zero-order chi connectivity index (χ0) is 21.2. The van der Waals surface area contributed by atoms with Crippen LogP contribution in [0.25, 0.3) is 0 Å². The minimum Gasteiger partial charge on any atom is -0.498 e. The molecule has 4 aromatic carbocycles. The van der Waals surface area contributed by atoms with E-state index in [1.54, 1.807) is 0 Å². The molecule has 0 N–H and O–H groups in total. The van der Waals surface area contributed by atoms with Crippen molar-refractivity contribution in [2.24, 2.45) is 0 Å². The molecule has 3 nitrogen and oxygen atoms in total. The molecule has 0 aliphatic rings. The molecular weight excluding hydrogens is 400 g/mol. The number of rotatable bonds is 10. The molecule has 0 spiro atoms. The van der Waals surface area contributed by atoms with Crippen molar-refractivity contribution in [3.05, 3.63) is 132 Å². The van der Waals surface area contributed by atoms with E-state index in [1.807, 2.05) is 97.1 Å². The minimum atomic E-state index is -3.25. The smallest absolute Gasteiger partial charge is 0.498 e. The van der Waals surface area contributed by atoms with Crippen LogP contribution in [-0.4, -0.2) is 15.4 Å². The molecule has 1 atom stereocenters. The van der Waals surface area contributed by atoms with E-state index < -0.39 is 8.80 Å². The van der Waals surface area contributed by atoms with Gasteiger partial charge in [-0.25, -0.2) is 0 Å². The fourth-order valence-corrected chi connectivity index (χ4v) is 5.74. The number of hydrogen-bond donors (Lipinski definition) is 0. The fourth-order valence-electron chi connectivity index (χ4n) is 3.31. The van der Waals surface area contributed by atoms with Crippen molar-refractivity contribution >= 4 is 14.0 Å². The van der Waals surface area contributed by atoms with Gasteiger partial charge in [-0.2, -0.15) is 0 Å². The van der Waals surface area contributed by atoms with Gasteiger partial charge in [0, 0.05) is 11.8 Å². The van der Waals surface area contributed by atoms with Crippen molar-refractivity contribution in [3.8, 4) is 5.75 Å². The van der Waals surface area contributed by atoms with E-state index in [2.05, 4.69) is 24.3 Å². The molecule has 156 valence electrons. The van der Waals surface area contributed by atoms with Crippen molar-refractivity contribution in [3.63, 3.8) is 0 Å². The van der Waals surface area contributed by atoms with Crippen molar-refractivity contribution in [2.45, 2.75) is 13.0 Å². The van der Waals surface area contributed by atoms with Gasteiger partial charge in [0.1, 0.15) is 5.75 Å². The second-order valence-electron chi connectivity index (χ2n) is 7.20. The Balaban J connectivity index is 1.62. The summed E-state index contributed by atoms with van der Waals surface area (Å²) in [4.78, 5) is 0. The quantitative estimate of drug-likeness (QED) is 0.318. The second-order valence-corrected chi connectivity index (χ2v) is 9.67. The maximum atomic E-state index is 6.54. The summed E-state index contributed by atoms with van der Waals surface area (Å²) in [5.41, 5.74) is 2.31. The minimum absolute atomic E-state index is 0.417. The van der Waals surface area contributed by atoms with E-state index in [0.717, 1.165) is 22.9 Å². The largest absolute Gasteiger partial charge is 0.603 e. The Bertz CT molecular complexity index is 1030. The molecule has 0 aromatic heterocycles. The summed E-state index contributed by atoms with van der Waals surface area (Å²) >= 11 is 0. The summed E-state index contributed by atoms with van der Waals surface area (Å²) in [6.07, 6.45) is 0.787. The molecule has 4 heteroatoms. The highest BCUT2D eigenvalue weighted by atomic mass is 28.4. The standard InChI is InChI=1S/C27H26O3Si/c1-5-13-24(14-6-1)21-22-28-31(27-19-11-4-12-20-27,30-26-17-9-3-10-18-26)29-23-25-15-7-2-8-16-25/h1-20H,21-23H2. The van der Waals surface area contributed by atoms with Gasteiger partial charge in [-0.1, -0.05) is 109 Å². The first-order valence-electron chi connectivity index (χ1n) is 10.5. The van der Waals surface area contributed by atoms with Crippen molar-refractivity contribution in [2.75, 3.05) is 6.61 Å². The normalized spacial score (nSPS) is 12.8. The second kappa shape index (κ2) is 10.7. The number of para-hydroxylation sites is 1. The first kappa shape index (κ1) is 21.1. The van der Waals surface area contributed by atoms with E-state index in [4.69, 9.17) is 13.3 Å². The van der Waals surface area contributed by atoms with Crippen LogP contribution in [0.5, 0.6) is 5.75 Å². The maximum absolute atomic E-state index is 6.54. The molecule has 0 radical (unpaired) electrons. The molecule has 4 rings (SSSR count). The van der Waals surface area contributed by atoms with Crippen LogP contribution >= 0.6 is 0 Å². The predicted octanol–water partition coefficient (Wildman–Crippen LogP) is 5.39. The monoisotopic (exact) mass is 426 g/mol. The van der Waals surface area contributed by atoms with Crippen LogP contribution < -0.4 is 9.61 Å². The first-order chi connectivity index (χ1) is 15.3. The molecule has 0 saturated carbocycles. The van der Waals surface area contributed by atoms with Crippen LogP contribution in [0.15, 0.2) is 121 Å². The average Bonchev–Trinajstić information content (AvgIpc) is 2.85. The molecule has 1 unspecified atom stereocenters. The highest BCUT2D eigenvalue weighted by Gasteiger charge is 2.46. The molecule has 0 aliphatic heterocycles. The van der Waals surface area contributed by atoms with Crippen LogP contribution in [0.4, 0.5) is 0 Å². The third kappa shape index (κ3) is 5.92. The van der Waals surface area contributed by atoms with Crippen LogP contribution in [0.1, 0.15) is 11.1 Å². The Hall–Kier alpha value is -3.18. The third-order valence-corrected chi connectivity index (χ3v) is 7.57. The van der Waals surface area contributed by atoms with Gasteiger partial charge < -0.3 is 13.3 Å². The van der Waals surface area contributed by atoms with Crippen LogP contribution in [0, 0.1) is 0 Å². The Morgan fingerprint density at radius 3 is 1.65 bits per heavy atom. The lowest BCUT2D eigenvalue weighted by Crippen LogP contribution is -2.59. The van der Waals surface area contributed by atoms with Gasteiger partial charge in [0.25, 0.3) is 0 Å². The van der Waals surface area contributed by atoms with Crippen LogP contribution in [-0.2, 0) is 21.9 Å². The van der Waals surface area contributed by atoms with Crippen molar-refractivity contribution in [1.82, 2.24) is 0 Å². The molecule has 0 aliphatic carbocycles. The third-order valence-electron chi connectivity index (χ3n) is 4.92. The summed E-state index contributed by atoms with van der Waals surface area (Å²) in [7, 11) is -3.25. The topological polar surface area (TPSA) is 27.7 Å². The first-order valence-corrected chi connectivity index (χ1v) is 12.2. The van der Waals surface area contributed by atoms with Gasteiger partial charge in [-0.3, -0.25) is 0 Å². The lowest BCUT2D eigenvalue weighted by Gasteiger charge is -2.30. The predicted molar refractivity (Wildman–Crippen MR) is 126 cm³/mol. The van der Waals surface area contributed by atoms with E-state index >= 15 is 0 Å². The summed E-state index contributed by atoms with van der Waals surface area (Å²) in [6, 6.07) is 40.3. The average molecular weight is 427 g/mol. The van der Waals surface area contributed by atoms with E-state index in [9.17, 15) is 0 Å². The van der Waals surface area contributed by atoms with Gasteiger partial charge in [0.2, 0.25) is 0 Å². The Labute approximate surface area is 185 Å². The molecule has 31 heavy (non-hydrogen) atoms. The summed E-state index contributed by atoms with van der Waals surface area (Å²) < 4.78 is 19.6. The summed E-state index contributed by atoms with van der Waals surface area (Å²) in [6.45, 7) is 0.923. The van der Waals surface area contributed by atoms with Crippen molar-refractivity contribution < 1.29 is 13.3 Å². The van der Waals surface area contributed by atoms with E-state index in [1.165, 1.54) is 5.56 Å². The van der Waals surface area contributed by atoms with Crippen LogP contribution in [0.2, 0.25) is 0 Å². The lowest BCUT2D eigenvalue weighted by atomic mass is 10.2. The van der Waals surface area contributed by atoms with Gasteiger partial charge in [-0.15, -0.1) is 0 Å². The fraction of sp³-hybridized carbons (Fsp3) is 0.111. The van der Waals surface area contributed by atoms with Crippen molar-refractivity contribution in [1.29, 1.82) is 0 Å². The molecule has 0 saturated heterocycles. The molecule has 0 bridgehead atoms. The van der Waals surface area contributed by atoms with Gasteiger partial charge in [0.15, 0.2) is 0 Å².